The summed E-state index contributed by atoms with van der Waals surface area (Å²) >= 11 is 0. The van der Waals surface area contributed by atoms with E-state index >= 15 is 0 Å². The van der Waals surface area contributed by atoms with Crippen molar-refractivity contribution in [1.82, 2.24) is 9.21 Å². The number of halogens is 1. The molecule has 5 nitrogen and oxygen atoms in total. The first kappa shape index (κ1) is 18.7. The van der Waals surface area contributed by atoms with E-state index < -0.39 is 15.8 Å². The molecule has 1 fully saturated rings. The largest absolute Gasteiger partial charge is 0.293 e. The number of benzene rings is 2. The van der Waals surface area contributed by atoms with Gasteiger partial charge in [-0.25, -0.2) is 12.8 Å². The van der Waals surface area contributed by atoms with Crippen LogP contribution in [0, 0.1) is 12.7 Å². The summed E-state index contributed by atoms with van der Waals surface area (Å²) in [6, 6.07) is 12.9. The molecule has 0 unspecified atom stereocenters. The summed E-state index contributed by atoms with van der Waals surface area (Å²) in [6.45, 7) is 3.40. The Hall–Kier alpha value is -2.09. The van der Waals surface area contributed by atoms with E-state index in [0.29, 0.717) is 37.3 Å². The molecule has 2 aromatic carbocycles. The van der Waals surface area contributed by atoms with Crippen molar-refractivity contribution in [3.63, 3.8) is 0 Å². The van der Waals surface area contributed by atoms with Crippen LogP contribution in [0.1, 0.15) is 15.9 Å². The van der Waals surface area contributed by atoms with Crippen molar-refractivity contribution in [2.75, 3.05) is 32.7 Å². The van der Waals surface area contributed by atoms with Crippen LogP contribution in [-0.2, 0) is 10.0 Å². The summed E-state index contributed by atoms with van der Waals surface area (Å²) in [7, 11) is -3.65. The van der Waals surface area contributed by atoms with Crippen molar-refractivity contribution in [3.05, 3.63) is 65.5 Å². The standard InChI is InChI=1S/C19H21FN2O3S/c1-15-13-17(7-8-18(15)20)26(24,25)22-11-9-21(10-12-22)14-19(23)16-5-3-2-4-6-16/h2-8,13H,9-12,14H2,1H3. The molecule has 1 heterocycles. The van der Waals surface area contributed by atoms with Crippen molar-refractivity contribution in [3.8, 4) is 0 Å². The lowest BCUT2D eigenvalue weighted by atomic mass is 10.1. The van der Waals surface area contributed by atoms with Crippen molar-refractivity contribution in [1.29, 1.82) is 0 Å². The van der Waals surface area contributed by atoms with Gasteiger partial charge in [-0.15, -0.1) is 0 Å². The molecule has 0 aliphatic carbocycles. The van der Waals surface area contributed by atoms with Gasteiger partial charge in [0.15, 0.2) is 5.78 Å². The monoisotopic (exact) mass is 376 g/mol. The van der Waals surface area contributed by atoms with E-state index in [1.165, 1.54) is 22.5 Å². The van der Waals surface area contributed by atoms with Crippen LogP contribution in [0.3, 0.4) is 0 Å². The lowest BCUT2D eigenvalue weighted by Crippen LogP contribution is -2.49. The molecule has 26 heavy (non-hydrogen) atoms. The summed E-state index contributed by atoms with van der Waals surface area (Å²) in [5, 5.41) is 0. The van der Waals surface area contributed by atoms with Gasteiger partial charge in [-0.05, 0) is 30.7 Å². The summed E-state index contributed by atoms with van der Waals surface area (Å²) in [4.78, 5) is 14.3. The third kappa shape index (κ3) is 4.00. The Morgan fingerprint density at radius 2 is 1.69 bits per heavy atom. The number of piperazine rings is 1. The average Bonchev–Trinajstić information content (AvgIpc) is 2.65. The van der Waals surface area contributed by atoms with Crippen LogP contribution in [0.15, 0.2) is 53.4 Å². The fraction of sp³-hybridized carbons (Fsp3) is 0.316. The van der Waals surface area contributed by atoms with Crippen molar-refractivity contribution in [2.24, 2.45) is 0 Å². The Labute approximate surface area is 153 Å². The number of carbonyl (C=O) groups is 1. The number of hydrogen-bond acceptors (Lipinski definition) is 4. The van der Waals surface area contributed by atoms with Gasteiger partial charge in [-0.3, -0.25) is 9.69 Å². The van der Waals surface area contributed by atoms with Crippen molar-refractivity contribution < 1.29 is 17.6 Å². The predicted octanol–water partition coefficient (Wildman–Crippen LogP) is 2.32. The Bertz CT molecular complexity index is 892. The third-order valence-corrected chi connectivity index (χ3v) is 6.46. The van der Waals surface area contributed by atoms with Gasteiger partial charge in [0.2, 0.25) is 10.0 Å². The molecule has 3 rings (SSSR count). The minimum absolute atomic E-state index is 0.0241. The molecule has 0 spiro atoms. The fourth-order valence-electron chi connectivity index (χ4n) is 2.97. The molecule has 0 N–H and O–H groups in total. The third-order valence-electron chi connectivity index (χ3n) is 4.56. The molecular formula is C19H21FN2O3S. The number of hydrogen-bond donors (Lipinski definition) is 0. The summed E-state index contributed by atoms with van der Waals surface area (Å²) in [5.74, 6) is -0.399. The highest BCUT2D eigenvalue weighted by atomic mass is 32.2. The number of sulfonamides is 1. The van der Waals surface area contributed by atoms with E-state index in [1.807, 2.05) is 23.1 Å². The van der Waals surface area contributed by atoms with Gasteiger partial charge in [0.1, 0.15) is 5.82 Å². The maximum Gasteiger partial charge on any atom is 0.243 e. The Balaban J connectivity index is 1.62. The van der Waals surface area contributed by atoms with Crippen LogP contribution in [0.25, 0.3) is 0 Å². The number of nitrogens with zero attached hydrogens (tertiary/aromatic N) is 2. The smallest absolute Gasteiger partial charge is 0.243 e. The predicted molar refractivity (Wildman–Crippen MR) is 97.1 cm³/mol. The van der Waals surface area contributed by atoms with Gasteiger partial charge < -0.3 is 0 Å². The molecule has 7 heteroatoms. The Morgan fingerprint density at radius 3 is 2.31 bits per heavy atom. The molecule has 1 aliphatic heterocycles. The van der Waals surface area contributed by atoms with Crippen LogP contribution in [0.4, 0.5) is 4.39 Å². The van der Waals surface area contributed by atoms with E-state index in [-0.39, 0.29) is 17.2 Å². The van der Waals surface area contributed by atoms with E-state index in [9.17, 15) is 17.6 Å². The van der Waals surface area contributed by atoms with Gasteiger partial charge >= 0.3 is 0 Å². The lowest BCUT2D eigenvalue weighted by molar-refractivity contribution is 0.0901. The second-order valence-corrected chi connectivity index (χ2v) is 8.32. The zero-order chi connectivity index (χ0) is 18.7. The molecule has 1 saturated heterocycles. The molecular weight excluding hydrogens is 355 g/mol. The number of rotatable bonds is 5. The summed E-state index contributed by atoms with van der Waals surface area (Å²) in [6.07, 6.45) is 0. The molecule has 0 aromatic heterocycles. The first-order valence-electron chi connectivity index (χ1n) is 8.45. The first-order valence-corrected chi connectivity index (χ1v) is 9.89. The first-order chi connectivity index (χ1) is 12.4. The van der Waals surface area contributed by atoms with Crippen LogP contribution in [0.2, 0.25) is 0 Å². The zero-order valence-corrected chi connectivity index (χ0v) is 15.4. The highest BCUT2D eigenvalue weighted by Gasteiger charge is 2.29. The molecule has 138 valence electrons. The molecule has 1 aliphatic rings. The van der Waals surface area contributed by atoms with Gasteiger partial charge in [0.25, 0.3) is 0 Å². The normalized spacial score (nSPS) is 16.5. The second-order valence-electron chi connectivity index (χ2n) is 6.38. The molecule has 2 aromatic rings. The van der Waals surface area contributed by atoms with Crippen LogP contribution in [0.5, 0.6) is 0 Å². The number of ketones is 1. The van der Waals surface area contributed by atoms with Crippen molar-refractivity contribution in [2.45, 2.75) is 11.8 Å². The quantitative estimate of drug-likeness (QED) is 0.752. The van der Waals surface area contributed by atoms with E-state index in [0.717, 1.165) is 0 Å². The maximum atomic E-state index is 13.4. The highest BCUT2D eigenvalue weighted by Crippen LogP contribution is 2.20. The Morgan fingerprint density at radius 1 is 1.04 bits per heavy atom. The topological polar surface area (TPSA) is 57.7 Å². The highest BCUT2D eigenvalue weighted by molar-refractivity contribution is 7.89. The minimum atomic E-state index is -3.65. The minimum Gasteiger partial charge on any atom is -0.293 e. The molecule has 0 radical (unpaired) electrons. The maximum absolute atomic E-state index is 13.4. The molecule has 0 saturated carbocycles. The summed E-state index contributed by atoms with van der Waals surface area (Å²) in [5.41, 5.74) is 0.961. The van der Waals surface area contributed by atoms with Gasteiger partial charge in [0.05, 0.1) is 11.4 Å². The second kappa shape index (κ2) is 7.65. The van der Waals surface area contributed by atoms with E-state index in [2.05, 4.69) is 0 Å². The average molecular weight is 376 g/mol. The van der Waals surface area contributed by atoms with Gasteiger partial charge in [0, 0.05) is 31.7 Å². The number of Topliss-reactive ketones (excluding diaryl/α,β-unsaturated/α-hetero) is 1. The van der Waals surface area contributed by atoms with E-state index in [1.54, 1.807) is 19.1 Å². The number of carbonyl (C=O) groups excluding carboxylic acids is 1. The van der Waals surface area contributed by atoms with Crippen LogP contribution >= 0.6 is 0 Å². The van der Waals surface area contributed by atoms with Crippen molar-refractivity contribution >= 4 is 15.8 Å². The van der Waals surface area contributed by atoms with Gasteiger partial charge in [-0.2, -0.15) is 4.31 Å². The van der Waals surface area contributed by atoms with E-state index in [4.69, 9.17) is 0 Å². The zero-order valence-electron chi connectivity index (χ0n) is 14.6. The molecule has 0 amide bonds. The molecule has 0 bridgehead atoms. The number of aryl methyl sites for hydroxylation is 1. The fourth-order valence-corrected chi connectivity index (χ4v) is 4.48. The SMILES string of the molecule is Cc1cc(S(=O)(=O)N2CCN(CC(=O)c3ccccc3)CC2)ccc1F. The lowest BCUT2D eigenvalue weighted by Gasteiger charge is -2.33. The molecule has 0 atom stereocenters. The Kier molecular flexibility index (Phi) is 5.50. The van der Waals surface area contributed by atoms with Crippen LogP contribution < -0.4 is 0 Å². The van der Waals surface area contributed by atoms with Crippen LogP contribution in [-0.4, -0.2) is 56.1 Å². The summed E-state index contributed by atoms with van der Waals surface area (Å²) < 4.78 is 40.2. The van der Waals surface area contributed by atoms with Gasteiger partial charge in [-0.1, -0.05) is 30.3 Å².